The molecule has 1 aromatic heterocycles. The summed E-state index contributed by atoms with van der Waals surface area (Å²) < 4.78 is 12.0. The highest BCUT2D eigenvalue weighted by molar-refractivity contribution is 5.83. The largest absolute Gasteiger partial charge is 0.493 e. The molecule has 0 bridgehead atoms. The average Bonchev–Trinajstić information content (AvgIpc) is 2.93. The number of ether oxygens (including phenoxy) is 2. The maximum atomic E-state index is 11.0. The Morgan fingerprint density at radius 2 is 2.05 bits per heavy atom. The highest BCUT2D eigenvalue weighted by atomic mass is 16.5. The van der Waals surface area contributed by atoms with Gasteiger partial charge in [-0.15, -0.1) is 0 Å². The summed E-state index contributed by atoms with van der Waals surface area (Å²) in [7, 11) is 3.17. The van der Waals surface area contributed by atoms with Crippen molar-refractivity contribution in [3.63, 3.8) is 0 Å². The van der Waals surface area contributed by atoms with Gasteiger partial charge < -0.3 is 19.1 Å². The lowest BCUT2D eigenvalue weighted by atomic mass is 10.1. The zero-order valence-electron chi connectivity index (χ0n) is 11.4. The Morgan fingerprint density at radius 3 is 2.70 bits per heavy atom. The number of aromatic nitrogens is 2. The molecule has 0 radical (unpaired) electrons. The van der Waals surface area contributed by atoms with Crippen molar-refractivity contribution in [3.8, 4) is 11.5 Å². The number of methoxy groups -OCH3 is 2. The lowest BCUT2D eigenvalue weighted by molar-refractivity contribution is 0.0678. The molecule has 0 aliphatic rings. The van der Waals surface area contributed by atoms with E-state index in [9.17, 15) is 4.79 Å². The number of hydrogen-bond acceptors (Lipinski definition) is 4. The summed E-state index contributed by atoms with van der Waals surface area (Å²) in [5.74, 6) is 0.354. The predicted octanol–water partition coefficient (Wildman–Crippen LogP) is 1.84. The minimum Gasteiger partial charge on any atom is -0.493 e. The Labute approximate surface area is 116 Å². The summed E-state index contributed by atoms with van der Waals surface area (Å²) in [5, 5.41) is 8.98. The Hall–Kier alpha value is -2.50. The number of hydrogen-bond donors (Lipinski definition) is 1. The topological polar surface area (TPSA) is 73.6 Å². The van der Waals surface area contributed by atoms with Crippen molar-refractivity contribution in [3.05, 3.63) is 42.0 Å². The van der Waals surface area contributed by atoms with Crippen LogP contribution in [-0.4, -0.2) is 34.8 Å². The minimum atomic E-state index is -1.03. The first kappa shape index (κ1) is 13.9. The Bertz CT molecular complexity index is 607. The van der Waals surface area contributed by atoms with E-state index in [-0.39, 0.29) is 5.82 Å². The minimum absolute atomic E-state index is 0.0467. The molecule has 0 aliphatic heterocycles. The maximum Gasteiger partial charge on any atom is 0.372 e. The first-order chi connectivity index (χ1) is 9.65. The molecule has 0 aliphatic carbocycles. The van der Waals surface area contributed by atoms with Crippen LogP contribution in [0.15, 0.2) is 30.6 Å². The van der Waals surface area contributed by atoms with E-state index in [1.807, 2.05) is 18.2 Å². The second-order valence-electron chi connectivity index (χ2n) is 4.19. The monoisotopic (exact) mass is 276 g/mol. The standard InChI is InChI=1S/C14H16N2O4/c1-19-11-4-3-10(9-12(11)20-2)5-7-16-8-6-15-13(16)14(17)18/h3-4,6,8-9H,5,7H2,1-2H3,(H,17,18). The Kier molecular flexibility index (Phi) is 4.24. The van der Waals surface area contributed by atoms with Gasteiger partial charge in [0.15, 0.2) is 11.5 Å². The van der Waals surface area contributed by atoms with Gasteiger partial charge in [0.2, 0.25) is 5.82 Å². The van der Waals surface area contributed by atoms with Crippen LogP contribution in [0, 0.1) is 0 Å². The number of carbonyl (C=O) groups is 1. The molecule has 0 saturated carbocycles. The van der Waals surface area contributed by atoms with Gasteiger partial charge in [-0.25, -0.2) is 9.78 Å². The highest BCUT2D eigenvalue weighted by Crippen LogP contribution is 2.27. The fourth-order valence-corrected chi connectivity index (χ4v) is 1.97. The normalized spacial score (nSPS) is 10.3. The summed E-state index contributed by atoms with van der Waals surface area (Å²) in [6, 6.07) is 5.65. The highest BCUT2D eigenvalue weighted by Gasteiger charge is 2.11. The number of carboxylic acid groups (broad SMARTS) is 1. The van der Waals surface area contributed by atoms with Gasteiger partial charge in [-0.1, -0.05) is 6.07 Å². The van der Waals surface area contributed by atoms with E-state index in [1.54, 1.807) is 25.0 Å². The van der Waals surface area contributed by atoms with Crippen LogP contribution in [0.5, 0.6) is 11.5 Å². The van der Waals surface area contributed by atoms with Gasteiger partial charge in [0, 0.05) is 18.9 Å². The molecule has 106 valence electrons. The SMILES string of the molecule is COc1ccc(CCn2ccnc2C(=O)O)cc1OC. The van der Waals surface area contributed by atoms with Crippen molar-refractivity contribution in [1.29, 1.82) is 0 Å². The number of aryl methyl sites for hydroxylation is 2. The number of aromatic carboxylic acids is 1. The summed E-state index contributed by atoms with van der Waals surface area (Å²) in [5.41, 5.74) is 1.03. The molecule has 0 amide bonds. The van der Waals surface area contributed by atoms with Crippen molar-refractivity contribution in [2.24, 2.45) is 0 Å². The molecular formula is C14H16N2O4. The lowest BCUT2D eigenvalue weighted by Crippen LogP contribution is -2.10. The van der Waals surface area contributed by atoms with Gasteiger partial charge in [0.1, 0.15) is 0 Å². The summed E-state index contributed by atoms with van der Waals surface area (Å²) in [6.07, 6.45) is 3.82. The van der Waals surface area contributed by atoms with E-state index < -0.39 is 5.97 Å². The quantitative estimate of drug-likeness (QED) is 0.871. The van der Waals surface area contributed by atoms with E-state index in [2.05, 4.69) is 4.98 Å². The lowest BCUT2D eigenvalue weighted by Gasteiger charge is -2.10. The van der Waals surface area contributed by atoms with Crippen LogP contribution in [0.1, 0.15) is 16.2 Å². The molecule has 2 aromatic rings. The smallest absolute Gasteiger partial charge is 0.372 e. The molecule has 2 rings (SSSR count). The third-order valence-corrected chi connectivity index (χ3v) is 3.00. The van der Waals surface area contributed by atoms with Crippen molar-refractivity contribution in [1.82, 2.24) is 9.55 Å². The van der Waals surface area contributed by atoms with Gasteiger partial charge in [-0.3, -0.25) is 0 Å². The van der Waals surface area contributed by atoms with Crippen LogP contribution in [-0.2, 0) is 13.0 Å². The molecule has 0 unspecified atom stereocenters. The first-order valence-electron chi connectivity index (χ1n) is 6.11. The molecule has 6 nitrogen and oxygen atoms in total. The molecule has 1 heterocycles. The van der Waals surface area contributed by atoms with Crippen LogP contribution in [0.3, 0.4) is 0 Å². The Morgan fingerprint density at radius 1 is 1.30 bits per heavy atom. The molecule has 1 N–H and O–H groups in total. The van der Waals surface area contributed by atoms with Gasteiger partial charge >= 0.3 is 5.97 Å². The number of rotatable bonds is 6. The van der Waals surface area contributed by atoms with Gasteiger partial charge in [-0.2, -0.15) is 0 Å². The molecule has 1 aromatic carbocycles. The maximum absolute atomic E-state index is 11.0. The molecule has 20 heavy (non-hydrogen) atoms. The molecule has 0 spiro atoms. The number of carboxylic acids is 1. The first-order valence-corrected chi connectivity index (χ1v) is 6.11. The molecular weight excluding hydrogens is 260 g/mol. The van der Waals surface area contributed by atoms with Gasteiger partial charge in [-0.05, 0) is 24.1 Å². The van der Waals surface area contributed by atoms with Crippen LogP contribution in [0.2, 0.25) is 0 Å². The number of benzene rings is 1. The summed E-state index contributed by atoms with van der Waals surface area (Å²) in [4.78, 5) is 14.8. The van der Waals surface area contributed by atoms with Crippen molar-refractivity contribution in [2.45, 2.75) is 13.0 Å². The number of imidazole rings is 1. The van der Waals surface area contributed by atoms with Crippen LogP contribution in [0.4, 0.5) is 0 Å². The van der Waals surface area contributed by atoms with E-state index in [0.29, 0.717) is 24.5 Å². The second kappa shape index (κ2) is 6.10. The molecule has 0 fully saturated rings. The van der Waals surface area contributed by atoms with Crippen molar-refractivity contribution < 1.29 is 19.4 Å². The zero-order valence-corrected chi connectivity index (χ0v) is 11.4. The second-order valence-corrected chi connectivity index (χ2v) is 4.19. The Balaban J connectivity index is 2.11. The third-order valence-electron chi connectivity index (χ3n) is 3.00. The van der Waals surface area contributed by atoms with E-state index >= 15 is 0 Å². The molecule has 0 saturated heterocycles. The molecule has 0 atom stereocenters. The summed E-state index contributed by atoms with van der Waals surface area (Å²) >= 11 is 0. The van der Waals surface area contributed by atoms with E-state index in [1.165, 1.54) is 6.20 Å². The van der Waals surface area contributed by atoms with Crippen LogP contribution >= 0.6 is 0 Å². The van der Waals surface area contributed by atoms with E-state index in [0.717, 1.165) is 5.56 Å². The van der Waals surface area contributed by atoms with Crippen LogP contribution in [0.25, 0.3) is 0 Å². The average molecular weight is 276 g/mol. The van der Waals surface area contributed by atoms with Crippen molar-refractivity contribution in [2.75, 3.05) is 14.2 Å². The van der Waals surface area contributed by atoms with Gasteiger partial charge in [0.25, 0.3) is 0 Å². The van der Waals surface area contributed by atoms with E-state index in [4.69, 9.17) is 14.6 Å². The predicted molar refractivity (Wildman–Crippen MR) is 72.4 cm³/mol. The zero-order chi connectivity index (χ0) is 14.5. The van der Waals surface area contributed by atoms with Crippen molar-refractivity contribution >= 4 is 5.97 Å². The fourth-order valence-electron chi connectivity index (χ4n) is 1.97. The van der Waals surface area contributed by atoms with Gasteiger partial charge in [0.05, 0.1) is 14.2 Å². The third kappa shape index (κ3) is 2.90. The fraction of sp³-hybridized carbons (Fsp3) is 0.286. The van der Waals surface area contributed by atoms with Crippen LogP contribution < -0.4 is 9.47 Å². The number of nitrogens with zero attached hydrogens (tertiary/aromatic N) is 2. The molecule has 6 heteroatoms. The summed E-state index contributed by atoms with van der Waals surface area (Å²) in [6.45, 7) is 0.539.